The highest BCUT2D eigenvalue weighted by Crippen LogP contribution is 2.39. The molecule has 2 heterocycles. The van der Waals surface area contributed by atoms with Crippen molar-refractivity contribution in [1.29, 1.82) is 0 Å². The molecule has 2 aromatic carbocycles. The average Bonchev–Trinajstić information content (AvgIpc) is 2.62. The van der Waals surface area contributed by atoms with Crippen LogP contribution in [0.4, 0.5) is 0 Å². The molecule has 0 bridgehead atoms. The van der Waals surface area contributed by atoms with Gasteiger partial charge in [-0.2, -0.15) is 0 Å². The summed E-state index contributed by atoms with van der Waals surface area (Å²) >= 11 is 0. The van der Waals surface area contributed by atoms with Crippen LogP contribution in [-0.4, -0.2) is 35.5 Å². The standard InChI is InChI=1S/C20H19NO4.ClH/c22-17-12-20(6-8-21-9-7-20)25-18-5-4-14(11-16(17)18)13-2-1-3-15(10-13)19(23)24;/h1-5,10-11,21H,6-9,12H2,(H,23,24);1H. The summed E-state index contributed by atoms with van der Waals surface area (Å²) < 4.78 is 6.23. The Morgan fingerprint density at radius 2 is 1.81 bits per heavy atom. The van der Waals surface area contributed by atoms with Crippen molar-refractivity contribution in [1.82, 2.24) is 5.32 Å². The maximum Gasteiger partial charge on any atom is 0.335 e. The quantitative estimate of drug-likeness (QED) is 0.841. The van der Waals surface area contributed by atoms with E-state index in [1.807, 2.05) is 24.3 Å². The molecule has 1 fully saturated rings. The lowest BCUT2D eigenvalue weighted by atomic mass is 9.82. The Morgan fingerprint density at radius 1 is 1.08 bits per heavy atom. The fourth-order valence-corrected chi connectivity index (χ4v) is 3.67. The van der Waals surface area contributed by atoms with Crippen molar-refractivity contribution in [3.05, 3.63) is 53.6 Å². The molecule has 2 aliphatic heterocycles. The van der Waals surface area contributed by atoms with Crippen LogP contribution < -0.4 is 10.1 Å². The zero-order valence-electron chi connectivity index (χ0n) is 14.2. The number of carboxylic acid groups (broad SMARTS) is 1. The minimum absolute atomic E-state index is 0. The number of carboxylic acids is 1. The molecule has 1 saturated heterocycles. The van der Waals surface area contributed by atoms with Crippen molar-refractivity contribution in [2.45, 2.75) is 24.9 Å². The van der Waals surface area contributed by atoms with Crippen molar-refractivity contribution in [3.8, 4) is 16.9 Å². The summed E-state index contributed by atoms with van der Waals surface area (Å²) in [6, 6.07) is 12.3. The highest BCUT2D eigenvalue weighted by molar-refractivity contribution is 6.01. The highest BCUT2D eigenvalue weighted by Gasteiger charge is 2.41. The van der Waals surface area contributed by atoms with Crippen LogP contribution in [-0.2, 0) is 0 Å². The van der Waals surface area contributed by atoms with Crippen LogP contribution in [0.2, 0.25) is 0 Å². The number of nitrogens with one attached hydrogen (secondary N) is 1. The Balaban J connectivity index is 0.00000196. The lowest BCUT2D eigenvalue weighted by molar-refractivity contribution is 0.0187. The molecule has 0 saturated carbocycles. The minimum Gasteiger partial charge on any atom is -0.486 e. The first kappa shape index (κ1) is 18.4. The first-order valence-electron chi connectivity index (χ1n) is 8.47. The van der Waals surface area contributed by atoms with E-state index in [4.69, 9.17) is 9.84 Å². The minimum atomic E-state index is -0.966. The van der Waals surface area contributed by atoms with Gasteiger partial charge in [-0.3, -0.25) is 4.79 Å². The normalized spacial score (nSPS) is 17.8. The SMILES string of the molecule is Cl.O=C(O)c1cccc(-c2ccc3c(c2)C(=O)CC2(CCNCC2)O3)c1. The molecule has 0 aliphatic carbocycles. The lowest BCUT2D eigenvalue weighted by Gasteiger charge is -2.41. The molecule has 2 aromatic rings. The molecule has 5 nitrogen and oxygen atoms in total. The molecule has 0 unspecified atom stereocenters. The van der Waals surface area contributed by atoms with Crippen molar-refractivity contribution in [2.24, 2.45) is 0 Å². The number of ketones is 1. The third-order valence-corrected chi connectivity index (χ3v) is 5.05. The summed E-state index contributed by atoms with van der Waals surface area (Å²) in [5.74, 6) is -0.234. The number of carbonyl (C=O) groups is 2. The number of hydrogen-bond donors (Lipinski definition) is 2. The molecular formula is C20H20ClNO4. The van der Waals surface area contributed by atoms with Crippen LogP contribution in [0.25, 0.3) is 11.1 Å². The number of benzene rings is 2. The summed E-state index contributed by atoms with van der Waals surface area (Å²) in [5, 5.41) is 12.5. The first-order chi connectivity index (χ1) is 12.1. The molecule has 2 aliphatic rings. The van der Waals surface area contributed by atoms with Crippen molar-refractivity contribution >= 4 is 24.2 Å². The zero-order chi connectivity index (χ0) is 17.4. The second kappa shape index (κ2) is 7.09. The van der Waals surface area contributed by atoms with E-state index in [0.717, 1.165) is 37.1 Å². The Bertz CT molecular complexity index is 859. The van der Waals surface area contributed by atoms with Crippen molar-refractivity contribution < 1.29 is 19.4 Å². The molecule has 4 rings (SSSR count). The molecule has 136 valence electrons. The highest BCUT2D eigenvalue weighted by atomic mass is 35.5. The molecule has 0 aromatic heterocycles. The van der Waals surface area contributed by atoms with Crippen LogP contribution in [0.15, 0.2) is 42.5 Å². The van der Waals surface area contributed by atoms with E-state index in [9.17, 15) is 9.59 Å². The van der Waals surface area contributed by atoms with Gasteiger partial charge in [-0.1, -0.05) is 18.2 Å². The second-order valence-electron chi connectivity index (χ2n) is 6.73. The van der Waals surface area contributed by atoms with Gasteiger partial charge in [-0.25, -0.2) is 4.79 Å². The van der Waals surface area contributed by atoms with Crippen LogP contribution >= 0.6 is 12.4 Å². The van der Waals surface area contributed by atoms with Gasteiger partial charge in [0, 0.05) is 12.8 Å². The maximum atomic E-state index is 12.7. The lowest BCUT2D eigenvalue weighted by Crippen LogP contribution is -2.49. The van der Waals surface area contributed by atoms with Gasteiger partial charge in [0.2, 0.25) is 0 Å². The summed E-state index contributed by atoms with van der Waals surface area (Å²) in [5.41, 5.74) is 2.03. The fourth-order valence-electron chi connectivity index (χ4n) is 3.67. The number of carbonyl (C=O) groups excluding carboxylic acids is 1. The number of halogens is 1. The van der Waals surface area contributed by atoms with Gasteiger partial charge in [0.1, 0.15) is 11.4 Å². The van der Waals surface area contributed by atoms with Crippen molar-refractivity contribution in [3.63, 3.8) is 0 Å². The number of Topliss-reactive ketones (excluding diaryl/α,β-unsaturated/α-hetero) is 1. The Hall–Kier alpha value is -2.37. The maximum absolute atomic E-state index is 12.7. The van der Waals surface area contributed by atoms with Gasteiger partial charge in [0.05, 0.1) is 17.5 Å². The third-order valence-electron chi connectivity index (χ3n) is 5.05. The van der Waals surface area contributed by atoms with E-state index in [-0.39, 0.29) is 29.4 Å². The predicted molar refractivity (Wildman–Crippen MR) is 100 cm³/mol. The number of piperidine rings is 1. The van der Waals surface area contributed by atoms with E-state index in [1.54, 1.807) is 18.2 Å². The van der Waals surface area contributed by atoms with Crippen molar-refractivity contribution in [2.75, 3.05) is 13.1 Å². The largest absolute Gasteiger partial charge is 0.486 e. The Morgan fingerprint density at radius 3 is 2.54 bits per heavy atom. The molecular weight excluding hydrogens is 354 g/mol. The van der Waals surface area contributed by atoms with Gasteiger partial charge < -0.3 is 15.2 Å². The number of ether oxygens (including phenoxy) is 1. The number of aromatic carboxylic acids is 1. The van der Waals surface area contributed by atoms with Crippen LogP contribution in [0, 0.1) is 0 Å². The van der Waals surface area contributed by atoms with E-state index in [1.165, 1.54) is 0 Å². The summed E-state index contributed by atoms with van der Waals surface area (Å²) in [6.45, 7) is 1.73. The molecule has 6 heteroatoms. The van der Waals surface area contributed by atoms with Gasteiger partial charge in [0.25, 0.3) is 0 Å². The smallest absolute Gasteiger partial charge is 0.335 e. The summed E-state index contributed by atoms with van der Waals surface area (Å²) in [6.07, 6.45) is 2.07. The molecule has 2 N–H and O–H groups in total. The van der Waals surface area contributed by atoms with E-state index in [0.29, 0.717) is 17.7 Å². The summed E-state index contributed by atoms with van der Waals surface area (Å²) in [4.78, 5) is 23.9. The van der Waals surface area contributed by atoms with Gasteiger partial charge in [-0.15, -0.1) is 12.4 Å². The predicted octanol–water partition coefficient (Wildman–Crippen LogP) is 3.56. The van der Waals surface area contributed by atoms with E-state index < -0.39 is 5.97 Å². The third kappa shape index (κ3) is 3.32. The number of rotatable bonds is 2. The van der Waals surface area contributed by atoms with Gasteiger partial charge >= 0.3 is 5.97 Å². The topological polar surface area (TPSA) is 75.6 Å². The molecule has 0 amide bonds. The monoisotopic (exact) mass is 373 g/mol. The zero-order valence-corrected chi connectivity index (χ0v) is 15.0. The molecule has 1 spiro atoms. The Labute approximate surface area is 157 Å². The number of hydrogen-bond acceptors (Lipinski definition) is 4. The van der Waals surface area contributed by atoms with E-state index in [2.05, 4.69) is 5.32 Å². The van der Waals surface area contributed by atoms with E-state index >= 15 is 0 Å². The molecule has 26 heavy (non-hydrogen) atoms. The first-order valence-corrected chi connectivity index (χ1v) is 8.47. The number of fused-ring (bicyclic) bond motifs is 1. The summed E-state index contributed by atoms with van der Waals surface area (Å²) in [7, 11) is 0. The van der Waals surface area contributed by atoms with Crippen LogP contribution in [0.5, 0.6) is 5.75 Å². The van der Waals surface area contributed by atoms with Gasteiger partial charge in [-0.05, 0) is 48.5 Å². The molecule has 0 atom stereocenters. The molecule has 0 radical (unpaired) electrons. The van der Waals surface area contributed by atoms with Gasteiger partial charge in [0.15, 0.2) is 5.78 Å². The second-order valence-corrected chi connectivity index (χ2v) is 6.73. The van der Waals surface area contributed by atoms with Crippen LogP contribution in [0.3, 0.4) is 0 Å². The average molecular weight is 374 g/mol. The fraction of sp³-hybridized carbons (Fsp3) is 0.300. The Kier molecular flexibility index (Phi) is 5.03. The van der Waals surface area contributed by atoms with Crippen LogP contribution in [0.1, 0.15) is 40.0 Å².